The molecule has 1 saturated heterocycles. The Labute approximate surface area is 123 Å². The predicted octanol–water partition coefficient (Wildman–Crippen LogP) is 3.22. The molecule has 1 heterocycles. The van der Waals surface area contributed by atoms with Crippen LogP contribution in [0.25, 0.3) is 0 Å². The zero-order valence-corrected chi connectivity index (χ0v) is 12.8. The number of likely N-dealkylation sites (tertiary alicyclic amines) is 1. The Morgan fingerprint density at radius 3 is 1.75 bits per heavy atom. The normalized spacial score (nSPS) is 15.8. The summed E-state index contributed by atoms with van der Waals surface area (Å²) in [6, 6.07) is 22.1. The van der Waals surface area contributed by atoms with Gasteiger partial charge in [0.15, 0.2) is 0 Å². The summed E-state index contributed by atoms with van der Waals surface area (Å²) in [6.07, 6.45) is 4.05. The Kier molecular flexibility index (Phi) is 4.84. The average molecular weight is 283 g/mol. The van der Waals surface area contributed by atoms with Crippen LogP contribution in [0.4, 0.5) is 0 Å². The van der Waals surface area contributed by atoms with E-state index < -0.39 is 0 Å². The molecule has 0 N–H and O–H groups in total. The van der Waals surface area contributed by atoms with Crippen molar-refractivity contribution in [3.05, 3.63) is 60.7 Å². The van der Waals surface area contributed by atoms with Crippen LogP contribution in [-0.2, 0) is 0 Å². The van der Waals surface area contributed by atoms with Crippen LogP contribution in [0.1, 0.15) is 12.8 Å². The summed E-state index contributed by atoms with van der Waals surface area (Å²) in [5.41, 5.74) is 0. The molecule has 1 aliphatic heterocycles. The molecule has 3 rings (SSSR count). The minimum atomic E-state index is -0.209. The van der Waals surface area contributed by atoms with Gasteiger partial charge in [0.2, 0.25) is 0 Å². The molecule has 20 heavy (non-hydrogen) atoms. The molecule has 0 amide bonds. The summed E-state index contributed by atoms with van der Waals surface area (Å²) in [5.74, 6) is 0. The van der Waals surface area contributed by atoms with Crippen LogP contribution in [0.2, 0.25) is 0 Å². The Morgan fingerprint density at radius 1 is 0.750 bits per heavy atom. The van der Waals surface area contributed by atoms with Gasteiger partial charge in [-0.15, -0.1) is 0 Å². The Morgan fingerprint density at radius 2 is 1.25 bits per heavy atom. The van der Waals surface area contributed by atoms with Gasteiger partial charge in [0.1, 0.15) is 0 Å². The smallest absolute Gasteiger partial charge is 0.00267 e. The van der Waals surface area contributed by atoms with Gasteiger partial charge in [0, 0.05) is 6.54 Å². The largest absolute Gasteiger partial charge is 0.303 e. The fraction of sp³-hybridized carbons (Fsp3) is 0.333. The number of hydrogen-bond acceptors (Lipinski definition) is 1. The monoisotopic (exact) mass is 283 g/mol. The molecule has 104 valence electrons. The van der Waals surface area contributed by atoms with Crippen molar-refractivity contribution in [3.63, 3.8) is 0 Å². The molecule has 0 bridgehead atoms. The zero-order valence-electron chi connectivity index (χ0n) is 11.9. The van der Waals surface area contributed by atoms with E-state index in [-0.39, 0.29) is 7.92 Å². The molecule has 1 nitrogen and oxygen atoms in total. The van der Waals surface area contributed by atoms with Crippen LogP contribution in [0.15, 0.2) is 60.7 Å². The molecule has 0 aromatic heterocycles. The molecular weight excluding hydrogens is 261 g/mol. The molecule has 2 heteroatoms. The quantitative estimate of drug-likeness (QED) is 0.762. The molecule has 2 aromatic rings. The van der Waals surface area contributed by atoms with Crippen molar-refractivity contribution >= 4 is 18.5 Å². The number of hydrogen-bond donors (Lipinski definition) is 0. The third-order valence-corrected chi connectivity index (χ3v) is 6.46. The Bertz CT molecular complexity index is 466. The molecule has 0 radical (unpaired) electrons. The van der Waals surface area contributed by atoms with E-state index >= 15 is 0 Å². The third-order valence-electron chi connectivity index (χ3n) is 3.97. The predicted molar refractivity (Wildman–Crippen MR) is 89.6 cm³/mol. The van der Waals surface area contributed by atoms with E-state index in [9.17, 15) is 0 Å². The standard InChI is InChI=1S/C18H22NP/c1-3-9-17(10-4-1)20(18-11-5-2-6-12-18)16-15-19-13-7-8-14-19/h1-6,9-12H,7-8,13-16H2. The van der Waals surface area contributed by atoms with E-state index in [1.807, 2.05) is 0 Å². The summed E-state index contributed by atoms with van der Waals surface area (Å²) in [7, 11) is -0.209. The average Bonchev–Trinajstić information content (AvgIpc) is 3.03. The van der Waals surface area contributed by atoms with Crippen molar-refractivity contribution in [2.75, 3.05) is 25.8 Å². The van der Waals surface area contributed by atoms with Crippen molar-refractivity contribution in [2.24, 2.45) is 0 Å². The van der Waals surface area contributed by atoms with E-state index in [1.165, 1.54) is 49.2 Å². The van der Waals surface area contributed by atoms with Crippen molar-refractivity contribution in [3.8, 4) is 0 Å². The molecule has 0 unspecified atom stereocenters. The molecule has 0 spiro atoms. The van der Waals surface area contributed by atoms with Crippen LogP contribution in [0, 0.1) is 0 Å². The summed E-state index contributed by atoms with van der Waals surface area (Å²) >= 11 is 0. The van der Waals surface area contributed by atoms with E-state index in [1.54, 1.807) is 0 Å². The first kappa shape index (κ1) is 13.8. The van der Waals surface area contributed by atoms with E-state index in [0.29, 0.717) is 0 Å². The first-order chi connectivity index (χ1) is 9.93. The van der Waals surface area contributed by atoms with Crippen LogP contribution >= 0.6 is 7.92 Å². The highest BCUT2D eigenvalue weighted by molar-refractivity contribution is 7.73. The fourth-order valence-corrected chi connectivity index (χ4v) is 5.23. The van der Waals surface area contributed by atoms with Gasteiger partial charge in [0.25, 0.3) is 0 Å². The van der Waals surface area contributed by atoms with Gasteiger partial charge in [-0.25, -0.2) is 0 Å². The van der Waals surface area contributed by atoms with Crippen LogP contribution in [0.5, 0.6) is 0 Å². The minimum absolute atomic E-state index is 0.209. The maximum Gasteiger partial charge on any atom is 0.00267 e. The van der Waals surface area contributed by atoms with Gasteiger partial charge in [-0.05, 0) is 50.6 Å². The second-order valence-corrected chi connectivity index (χ2v) is 7.71. The molecule has 0 atom stereocenters. The summed E-state index contributed by atoms with van der Waals surface area (Å²) < 4.78 is 0. The lowest BCUT2D eigenvalue weighted by Gasteiger charge is -2.22. The minimum Gasteiger partial charge on any atom is -0.303 e. The molecular formula is C18H22NP. The van der Waals surface area contributed by atoms with E-state index in [4.69, 9.17) is 0 Å². The number of rotatable bonds is 5. The Balaban J connectivity index is 1.76. The van der Waals surface area contributed by atoms with Crippen molar-refractivity contribution in [2.45, 2.75) is 12.8 Å². The molecule has 2 aromatic carbocycles. The van der Waals surface area contributed by atoms with Gasteiger partial charge in [-0.2, -0.15) is 0 Å². The number of nitrogens with zero attached hydrogens (tertiary/aromatic N) is 1. The lowest BCUT2D eigenvalue weighted by Crippen LogP contribution is -2.26. The zero-order chi connectivity index (χ0) is 13.6. The van der Waals surface area contributed by atoms with Gasteiger partial charge in [-0.1, -0.05) is 60.7 Å². The highest BCUT2D eigenvalue weighted by atomic mass is 31.1. The molecule has 0 saturated carbocycles. The summed E-state index contributed by atoms with van der Waals surface area (Å²) in [5, 5.41) is 3.01. The van der Waals surface area contributed by atoms with E-state index in [0.717, 1.165) is 0 Å². The summed E-state index contributed by atoms with van der Waals surface area (Å²) in [6.45, 7) is 3.84. The van der Waals surface area contributed by atoms with E-state index in [2.05, 4.69) is 65.6 Å². The van der Waals surface area contributed by atoms with Crippen LogP contribution in [0.3, 0.4) is 0 Å². The highest BCUT2D eigenvalue weighted by Gasteiger charge is 2.17. The van der Waals surface area contributed by atoms with Crippen molar-refractivity contribution in [1.82, 2.24) is 4.90 Å². The number of benzene rings is 2. The maximum absolute atomic E-state index is 2.63. The maximum atomic E-state index is 2.63. The first-order valence-corrected chi connectivity index (χ1v) is 9.06. The lowest BCUT2D eigenvalue weighted by molar-refractivity contribution is 0.361. The van der Waals surface area contributed by atoms with Crippen molar-refractivity contribution in [1.29, 1.82) is 0 Å². The Hall–Kier alpha value is -1.17. The molecule has 0 aliphatic carbocycles. The fourth-order valence-electron chi connectivity index (χ4n) is 2.87. The highest BCUT2D eigenvalue weighted by Crippen LogP contribution is 2.33. The topological polar surface area (TPSA) is 3.24 Å². The molecule has 1 fully saturated rings. The van der Waals surface area contributed by atoms with Crippen molar-refractivity contribution < 1.29 is 0 Å². The van der Waals surface area contributed by atoms with Gasteiger partial charge < -0.3 is 4.90 Å². The second kappa shape index (κ2) is 7.02. The van der Waals surface area contributed by atoms with Gasteiger partial charge >= 0.3 is 0 Å². The lowest BCUT2D eigenvalue weighted by atomic mass is 10.4. The summed E-state index contributed by atoms with van der Waals surface area (Å²) in [4.78, 5) is 2.63. The van der Waals surface area contributed by atoms with Crippen LogP contribution in [-0.4, -0.2) is 30.7 Å². The first-order valence-electron chi connectivity index (χ1n) is 7.53. The molecule has 1 aliphatic rings. The van der Waals surface area contributed by atoms with Gasteiger partial charge in [0.05, 0.1) is 0 Å². The second-order valence-electron chi connectivity index (χ2n) is 5.37. The SMILES string of the molecule is c1ccc(P(CCN2CCCC2)c2ccccc2)cc1. The third kappa shape index (κ3) is 3.48. The van der Waals surface area contributed by atoms with Crippen LogP contribution < -0.4 is 10.6 Å². The van der Waals surface area contributed by atoms with Gasteiger partial charge in [-0.3, -0.25) is 0 Å².